The fourth-order valence-electron chi connectivity index (χ4n) is 1.95. The third-order valence-corrected chi connectivity index (χ3v) is 2.85. The second kappa shape index (κ2) is 3.91. The zero-order valence-corrected chi connectivity index (χ0v) is 10.4. The highest BCUT2D eigenvalue weighted by Gasteiger charge is 2.22. The molecular formula is C13H19N3. The molecule has 0 radical (unpaired) electrons. The zero-order chi connectivity index (χ0) is 11.8. The number of H-pyrrole nitrogens is 1. The highest BCUT2D eigenvalue weighted by Crippen LogP contribution is 2.21. The van der Waals surface area contributed by atoms with E-state index >= 15 is 0 Å². The van der Waals surface area contributed by atoms with Crippen molar-refractivity contribution in [1.29, 1.82) is 0 Å². The molecule has 0 spiro atoms. The number of hydrogen-bond acceptors (Lipinski definition) is 2. The van der Waals surface area contributed by atoms with Gasteiger partial charge in [-0.05, 0) is 45.0 Å². The Kier molecular flexibility index (Phi) is 2.72. The van der Waals surface area contributed by atoms with Crippen LogP contribution in [0.5, 0.6) is 0 Å². The van der Waals surface area contributed by atoms with Gasteiger partial charge in [-0.3, -0.25) is 0 Å². The molecule has 0 aliphatic heterocycles. The van der Waals surface area contributed by atoms with E-state index in [1.807, 2.05) is 0 Å². The van der Waals surface area contributed by atoms with Crippen LogP contribution in [0.4, 0.5) is 0 Å². The Morgan fingerprint density at radius 3 is 2.81 bits per heavy atom. The Bertz CT molecular complexity index is 497. The van der Waals surface area contributed by atoms with Crippen molar-refractivity contribution >= 4 is 11.0 Å². The molecule has 2 aromatic rings. The highest BCUT2D eigenvalue weighted by molar-refractivity contribution is 5.76. The summed E-state index contributed by atoms with van der Waals surface area (Å²) in [6.07, 6.45) is 0. The van der Waals surface area contributed by atoms with Crippen molar-refractivity contribution in [3.63, 3.8) is 0 Å². The van der Waals surface area contributed by atoms with E-state index in [2.05, 4.69) is 61.2 Å². The first-order valence-corrected chi connectivity index (χ1v) is 5.75. The smallest absolute Gasteiger partial charge is 0.127 e. The largest absolute Gasteiger partial charge is 0.340 e. The minimum Gasteiger partial charge on any atom is -0.340 e. The Morgan fingerprint density at radius 2 is 2.12 bits per heavy atom. The number of aromatic nitrogens is 2. The van der Waals surface area contributed by atoms with Crippen molar-refractivity contribution in [2.75, 3.05) is 6.54 Å². The van der Waals surface area contributed by atoms with Gasteiger partial charge in [-0.2, -0.15) is 0 Å². The van der Waals surface area contributed by atoms with Gasteiger partial charge >= 0.3 is 0 Å². The van der Waals surface area contributed by atoms with E-state index in [1.165, 1.54) is 5.56 Å². The number of fused-ring (bicyclic) bond motifs is 1. The summed E-state index contributed by atoms with van der Waals surface area (Å²) >= 11 is 0. The van der Waals surface area contributed by atoms with Crippen molar-refractivity contribution in [2.45, 2.75) is 33.2 Å². The maximum absolute atomic E-state index is 4.63. The van der Waals surface area contributed by atoms with Crippen LogP contribution < -0.4 is 5.32 Å². The van der Waals surface area contributed by atoms with E-state index in [4.69, 9.17) is 0 Å². The predicted molar refractivity (Wildman–Crippen MR) is 67.5 cm³/mol. The maximum Gasteiger partial charge on any atom is 0.127 e. The van der Waals surface area contributed by atoms with Gasteiger partial charge in [-0.15, -0.1) is 0 Å². The molecular weight excluding hydrogens is 198 g/mol. The summed E-state index contributed by atoms with van der Waals surface area (Å²) in [5.41, 5.74) is 3.29. The molecule has 0 saturated carbocycles. The van der Waals surface area contributed by atoms with Crippen molar-refractivity contribution in [1.82, 2.24) is 15.3 Å². The van der Waals surface area contributed by atoms with Gasteiger partial charge in [0, 0.05) is 0 Å². The summed E-state index contributed by atoms with van der Waals surface area (Å²) in [7, 11) is 0. The maximum atomic E-state index is 4.63. The van der Waals surface area contributed by atoms with Crippen molar-refractivity contribution in [2.24, 2.45) is 0 Å². The molecule has 3 nitrogen and oxygen atoms in total. The van der Waals surface area contributed by atoms with Crippen LogP contribution in [0.3, 0.4) is 0 Å². The summed E-state index contributed by atoms with van der Waals surface area (Å²) in [5.74, 6) is 0.995. The van der Waals surface area contributed by atoms with Gasteiger partial charge < -0.3 is 10.3 Å². The van der Waals surface area contributed by atoms with E-state index < -0.39 is 0 Å². The molecule has 16 heavy (non-hydrogen) atoms. The molecule has 86 valence electrons. The molecule has 0 bridgehead atoms. The molecule has 0 aliphatic carbocycles. The van der Waals surface area contributed by atoms with Gasteiger partial charge in [0.05, 0.1) is 16.6 Å². The van der Waals surface area contributed by atoms with E-state index in [0.717, 1.165) is 23.4 Å². The number of benzene rings is 1. The van der Waals surface area contributed by atoms with Crippen LogP contribution in [-0.4, -0.2) is 16.5 Å². The third-order valence-electron chi connectivity index (χ3n) is 2.85. The number of aryl methyl sites for hydroxylation is 1. The van der Waals surface area contributed by atoms with Crippen LogP contribution in [0, 0.1) is 6.92 Å². The lowest BCUT2D eigenvalue weighted by atomic mass is 10.1. The molecule has 0 atom stereocenters. The molecule has 0 unspecified atom stereocenters. The number of nitrogens with one attached hydrogen (secondary N) is 2. The summed E-state index contributed by atoms with van der Waals surface area (Å²) in [4.78, 5) is 8.01. The van der Waals surface area contributed by atoms with Gasteiger partial charge in [0.25, 0.3) is 0 Å². The molecule has 3 heteroatoms. The van der Waals surface area contributed by atoms with E-state index in [-0.39, 0.29) is 5.54 Å². The van der Waals surface area contributed by atoms with Crippen LogP contribution in [-0.2, 0) is 5.54 Å². The third kappa shape index (κ3) is 1.95. The first-order valence-electron chi connectivity index (χ1n) is 5.75. The van der Waals surface area contributed by atoms with Gasteiger partial charge in [0.2, 0.25) is 0 Å². The summed E-state index contributed by atoms with van der Waals surface area (Å²) in [6, 6.07) is 6.29. The Morgan fingerprint density at radius 1 is 1.38 bits per heavy atom. The standard InChI is InChI=1S/C13H19N3/c1-5-14-13(3,4)12-15-10-7-6-9(2)8-11(10)16-12/h6-8,14H,5H2,1-4H3,(H,15,16). The molecule has 1 heterocycles. The first kappa shape index (κ1) is 11.1. The summed E-state index contributed by atoms with van der Waals surface area (Å²) in [5, 5.41) is 3.42. The van der Waals surface area contributed by atoms with E-state index in [0.29, 0.717) is 0 Å². The summed E-state index contributed by atoms with van der Waals surface area (Å²) < 4.78 is 0. The van der Waals surface area contributed by atoms with Crippen LogP contribution in [0.1, 0.15) is 32.2 Å². The minimum atomic E-state index is -0.109. The van der Waals surface area contributed by atoms with Crippen molar-refractivity contribution < 1.29 is 0 Å². The molecule has 0 fully saturated rings. The Balaban J connectivity index is 2.46. The van der Waals surface area contributed by atoms with Crippen LogP contribution >= 0.6 is 0 Å². The number of rotatable bonds is 3. The lowest BCUT2D eigenvalue weighted by Crippen LogP contribution is -2.37. The van der Waals surface area contributed by atoms with E-state index in [1.54, 1.807) is 0 Å². The lowest BCUT2D eigenvalue weighted by molar-refractivity contribution is 0.395. The van der Waals surface area contributed by atoms with E-state index in [9.17, 15) is 0 Å². The average molecular weight is 217 g/mol. The molecule has 2 N–H and O–H groups in total. The molecule has 0 saturated heterocycles. The van der Waals surface area contributed by atoms with Crippen LogP contribution in [0.15, 0.2) is 18.2 Å². The number of imidazole rings is 1. The summed E-state index contributed by atoms with van der Waals surface area (Å²) in [6.45, 7) is 9.41. The predicted octanol–water partition coefficient (Wildman–Crippen LogP) is 2.72. The second-order valence-corrected chi connectivity index (χ2v) is 4.76. The number of aromatic amines is 1. The lowest BCUT2D eigenvalue weighted by Gasteiger charge is -2.22. The van der Waals surface area contributed by atoms with Gasteiger partial charge in [0.15, 0.2) is 0 Å². The molecule has 0 aliphatic rings. The van der Waals surface area contributed by atoms with Gasteiger partial charge in [-0.25, -0.2) is 4.98 Å². The fourth-order valence-corrected chi connectivity index (χ4v) is 1.95. The van der Waals surface area contributed by atoms with Crippen LogP contribution in [0.2, 0.25) is 0 Å². The number of nitrogens with zero attached hydrogens (tertiary/aromatic N) is 1. The normalized spacial score (nSPS) is 12.2. The Hall–Kier alpha value is -1.35. The van der Waals surface area contributed by atoms with Crippen molar-refractivity contribution in [3.05, 3.63) is 29.6 Å². The Labute approximate surface area is 96.3 Å². The molecule has 0 amide bonds. The zero-order valence-electron chi connectivity index (χ0n) is 10.4. The van der Waals surface area contributed by atoms with Crippen molar-refractivity contribution in [3.8, 4) is 0 Å². The molecule has 2 rings (SSSR count). The molecule has 1 aromatic carbocycles. The highest BCUT2D eigenvalue weighted by atomic mass is 15.1. The first-order chi connectivity index (χ1) is 7.53. The monoisotopic (exact) mass is 217 g/mol. The second-order valence-electron chi connectivity index (χ2n) is 4.76. The van der Waals surface area contributed by atoms with Gasteiger partial charge in [-0.1, -0.05) is 13.0 Å². The topological polar surface area (TPSA) is 40.7 Å². The minimum absolute atomic E-state index is 0.109. The average Bonchev–Trinajstić information content (AvgIpc) is 2.61. The fraction of sp³-hybridized carbons (Fsp3) is 0.462. The number of hydrogen-bond donors (Lipinski definition) is 2. The van der Waals surface area contributed by atoms with Crippen LogP contribution in [0.25, 0.3) is 11.0 Å². The SMILES string of the molecule is CCNC(C)(C)c1nc2ccc(C)cc2[nH]1. The quantitative estimate of drug-likeness (QED) is 0.830. The van der Waals surface area contributed by atoms with Gasteiger partial charge in [0.1, 0.15) is 5.82 Å². The molecule has 1 aromatic heterocycles.